The van der Waals surface area contributed by atoms with Crippen molar-refractivity contribution in [1.82, 2.24) is 14.9 Å². The minimum Gasteiger partial charge on any atom is -0.336 e. The van der Waals surface area contributed by atoms with Gasteiger partial charge in [0, 0.05) is 31.5 Å². The summed E-state index contributed by atoms with van der Waals surface area (Å²) in [6, 6.07) is 5.36. The van der Waals surface area contributed by atoms with Gasteiger partial charge in [0.05, 0.1) is 10.8 Å². The quantitative estimate of drug-likeness (QED) is 0.920. The fourth-order valence-electron chi connectivity index (χ4n) is 1.74. The van der Waals surface area contributed by atoms with Crippen LogP contribution in [0.3, 0.4) is 0 Å². The Hall–Kier alpha value is -1.20. The molecule has 3 nitrogen and oxygen atoms in total. The standard InChI is InChI=1S/C13H15BrFN3/c1-10(8-18-6-5-16-9-18)17-7-11-3-2-4-12(15)13(11)14/h2-6,9-10,17H,7-8H2,1H3. The van der Waals surface area contributed by atoms with E-state index in [2.05, 4.69) is 33.2 Å². The van der Waals surface area contributed by atoms with Gasteiger partial charge >= 0.3 is 0 Å². The van der Waals surface area contributed by atoms with Gasteiger partial charge in [-0.15, -0.1) is 0 Å². The van der Waals surface area contributed by atoms with E-state index < -0.39 is 0 Å². The Morgan fingerprint density at radius 1 is 1.50 bits per heavy atom. The Morgan fingerprint density at radius 2 is 2.33 bits per heavy atom. The number of halogens is 2. The maximum Gasteiger partial charge on any atom is 0.137 e. The lowest BCUT2D eigenvalue weighted by molar-refractivity contribution is 0.474. The maximum absolute atomic E-state index is 13.3. The smallest absolute Gasteiger partial charge is 0.137 e. The van der Waals surface area contributed by atoms with Crippen LogP contribution in [0.1, 0.15) is 12.5 Å². The Labute approximate surface area is 114 Å². The molecule has 1 aromatic heterocycles. The highest BCUT2D eigenvalue weighted by Gasteiger charge is 2.07. The van der Waals surface area contributed by atoms with E-state index in [9.17, 15) is 4.39 Å². The molecule has 2 rings (SSSR count). The van der Waals surface area contributed by atoms with E-state index in [1.807, 2.05) is 16.8 Å². The summed E-state index contributed by atoms with van der Waals surface area (Å²) in [6.45, 7) is 3.56. The minimum atomic E-state index is -0.225. The fourth-order valence-corrected chi connectivity index (χ4v) is 2.15. The van der Waals surface area contributed by atoms with Gasteiger partial charge in [-0.3, -0.25) is 0 Å². The van der Waals surface area contributed by atoms with Gasteiger partial charge in [0.1, 0.15) is 5.82 Å². The van der Waals surface area contributed by atoms with Crippen molar-refractivity contribution in [2.45, 2.75) is 26.1 Å². The van der Waals surface area contributed by atoms with Crippen LogP contribution in [0.2, 0.25) is 0 Å². The molecule has 0 bridgehead atoms. The van der Waals surface area contributed by atoms with Gasteiger partial charge in [-0.1, -0.05) is 12.1 Å². The molecule has 1 unspecified atom stereocenters. The van der Waals surface area contributed by atoms with Gasteiger partial charge in [-0.25, -0.2) is 9.37 Å². The number of hydrogen-bond donors (Lipinski definition) is 1. The van der Waals surface area contributed by atoms with Crippen LogP contribution in [0.4, 0.5) is 4.39 Å². The summed E-state index contributed by atoms with van der Waals surface area (Å²) >= 11 is 3.26. The van der Waals surface area contributed by atoms with Crippen molar-refractivity contribution in [2.75, 3.05) is 0 Å². The Bertz CT molecular complexity index is 499. The lowest BCUT2D eigenvalue weighted by Gasteiger charge is -2.15. The highest BCUT2D eigenvalue weighted by Crippen LogP contribution is 2.20. The second kappa shape index (κ2) is 6.11. The third kappa shape index (κ3) is 3.40. The summed E-state index contributed by atoms with van der Waals surface area (Å²) in [5.74, 6) is -0.225. The molecular formula is C13H15BrFN3. The summed E-state index contributed by atoms with van der Waals surface area (Å²) in [7, 11) is 0. The number of imidazole rings is 1. The van der Waals surface area contributed by atoms with Crippen LogP contribution in [0.25, 0.3) is 0 Å². The average molecular weight is 312 g/mol. The topological polar surface area (TPSA) is 29.9 Å². The molecule has 5 heteroatoms. The van der Waals surface area contributed by atoms with Crippen LogP contribution >= 0.6 is 15.9 Å². The number of aromatic nitrogens is 2. The third-order valence-electron chi connectivity index (χ3n) is 2.72. The van der Waals surface area contributed by atoms with Gasteiger partial charge in [0.25, 0.3) is 0 Å². The second-order valence-corrected chi connectivity index (χ2v) is 5.05. The molecule has 0 saturated carbocycles. The Balaban J connectivity index is 1.89. The molecule has 0 aliphatic carbocycles. The lowest BCUT2D eigenvalue weighted by atomic mass is 10.2. The predicted molar refractivity (Wildman–Crippen MR) is 72.6 cm³/mol. The van der Waals surface area contributed by atoms with E-state index in [0.717, 1.165) is 12.1 Å². The largest absolute Gasteiger partial charge is 0.336 e. The summed E-state index contributed by atoms with van der Waals surface area (Å²) in [5.41, 5.74) is 0.924. The third-order valence-corrected chi connectivity index (χ3v) is 3.60. The molecule has 0 amide bonds. The number of nitrogens with zero attached hydrogens (tertiary/aromatic N) is 2. The fraction of sp³-hybridized carbons (Fsp3) is 0.308. The molecule has 0 radical (unpaired) electrons. The van der Waals surface area contributed by atoms with E-state index in [0.29, 0.717) is 11.0 Å². The maximum atomic E-state index is 13.3. The van der Waals surface area contributed by atoms with Crippen LogP contribution in [0.5, 0.6) is 0 Å². The van der Waals surface area contributed by atoms with Crippen LogP contribution in [-0.4, -0.2) is 15.6 Å². The zero-order valence-corrected chi connectivity index (χ0v) is 11.7. The number of rotatable bonds is 5. The van der Waals surface area contributed by atoms with Crippen molar-refractivity contribution in [1.29, 1.82) is 0 Å². The molecule has 96 valence electrons. The average Bonchev–Trinajstić information content (AvgIpc) is 2.84. The molecule has 1 heterocycles. The highest BCUT2D eigenvalue weighted by molar-refractivity contribution is 9.10. The van der Waals surface area contributed by atoms with Crippen LogP contribution < -0.4 is 5.32 Å². The molecule has 18 heavy (non-hydrogen) atoms. The Kier molecular flexibility index (Phi) is 4.49. The summed E-state index contributed by atoms with van der Waals surface area (Å²) in [4.78, 5) is 4.00. The van der Waals surface area contributed by atoms with Crippen molar-refractivity contribution in [3.8, 4) is 0 Å². The normalized spacial score (nSPS) is 12.6. The summed E-state index contributed by atoms with van der Waals surface area (Å²) < 4.78 is 15.9. The first-order valence-corrected chi connectivity index (χ1v) is 6.58. The zero-order chi connectivity index (χ0) is 13.0. The van der Waals surface area contributed by atoms with E-state index >= 15 is 0 Å². The van der Waals surface area contributed by atoms with Crippen LogP contribution in [-0.2, 0) is 13.1 Å². The summed E-state index contributed by atoms with van der Waals surface area (Å²) in [6.07, 6.45) is 5.47. The molecule has 0 fully saturated rings. The van der Waals surface area contributed by atoms with E-state index in [4.69, 9.17) is 0 Å². The minimum absolute atomic E-state index is 0.225. The first-order chi connectivity index (χ1) is 8.66. The van der Waals surface area contributed by atoms with Gasteiger partial charge in [-0.2, -0.15) is 0 Å². The molecular weight excluding hydrogens is 297 g/mol. The molecule has 1 atom stereocenters. The van der Waals surface area contributed by atoms with Crippen molar-refractivity contribution in [2.24, 2.45) is 0 Å². The predicted octanol–water partition coefficient (Wildman–Crippen LogP) is 2.96. The van der Waals surface area contributed by atoms with Gasteiger partial charge in [0.2, 0.25) is 0 Å². The van der Waals surface area contributed by atoms with E-state index in [1.165, 1.54) is 6.07 Å². The number of benzene rings is 1. The van der Waals surface area contributed by atoms with Crippen molar-refractivity contribution in [3.05, 3.63) is 52.8 Å². The zero-order valence-electron chi connectivity index (χ0n) is 10.1. The highest BCUT2D eigenvalue weighted by atomic mass is 79.9. The monoisotopic (exact) mass is 311 g/mol. The van der Waals surface area contributed by atoms with Gasteiger partial charge < -0.3 is 9.88 Å². The van der Waals surface area contributed by atoms with Crippen LogP contribution in [0.15, 0.2) is 41.4 Å². The molecule has 1 N–H and O–H groups in total. The van der Waals surface area contributed by atoms with E-state index in [1.54, 1.807) is 18.6 Å². The first kappa shape index (κ1) is 13.2. The first-order valence-electron chi connectivity index (χ1n) is 5.79. The number of hydrogen-bond acceptors (Lipinski definition) is 2. The Morgan fingerprint density at radius 3 is 3.06 bits per heavy atom. The van der Waals surface area contributed by atoms with Crippen molar-refractivity contribution >= 4 is 15.9 Å². The molecule has 0 aliphatic heterocycles. The summed E-state index contributed by atoms with van der Waals surface area (Å²) in [5, 5.41) is 3.36. The molecule has 2 aromatic rings. The SMILES string of the molecule is CC(Cn1ccnc1)NCc1cccc(F)c1Br. The van der Waals surface area contributed by atoms with Gasteiger partial charge in [-0.05, 0) is 34.5 Å². The molecule has 0 aliphatic rings. The van der Waals surface area contributed by atoms with Crippen molar-refractivity contribution < 1.29 is 4.39 Å². The second-order valence-electron chi connectivity index (χ2n) is 4.25. The van der Waals surface area contributed by atoms with Crippen molar-refractivity contribution in [3.63, 3.8) is 0 Å². The number of nitrogens with one attached hydrogen (secondary N) is 1. The van der Waals surface area contributed by atoms with E-state index in [-0.39, 0.29) is 11.9 Å². The van der Waals surface area contributed by atoms with Crippen LogP contribution in [0, 0.1) is 5.82 Å². The van der Waals surface area contributed by atoms with Gasteiger partial charge in [0.15, 0.2) is 0 Å². The molecule has 0 saturated heterocycles. The lowest BCUT2D eigenvalue weighted by Crippen LogP contribution is -2.29. The molecule has 1 aromatic carbocycles. The molecule has 0 spiro atoms.